The first-order chi connectivity index (χ1) is 6.91. The molecule has 0 aliphatic heterocycles. The summed E-state index contributed by atoms with van der Waals surface area (Å²) >= 11 is 0. The summed E-state index contributed by atoms with van der Waals surface area (Å²) < 4.78 is 0. The molecular formula is C10H20N2O2. The van der Waals surface area contributed by atoms with Crippen LogP contribution in [0.25, 0.3) is 0 Å². The number of hydrogen-bond acceptors (Lipinski definition) is 4. The van der Waals surface area contributed by atoms with Gasteiger partial charge in [-0.05, 0) is 26.2 Å². The predicted octanol–water partition coefficient (Wildman–Crippen LogP) is 1.88. The Hall–Kier alpha value is -1.00. The van der Waals surface area contributed by atoms with E-state index in [1.807, 2.05) is 25.3 Å². The summed E-state index contributed by atoms with van der Waals surface area (Å²) in [6.45, 7) is 2.62. The monoisotopic (exact) mass is 200 g/mol. The lowest BCUT2D eigenvalue weighted by atomic mass is 10.2. The van der Waals surface area contributed by atoms with Gasteiger partial charge in [-0.2, -0.15) is 0 Å². The molecule has 82 valence electrons. The summed E-state index contributed by atoms with van der Waals surface area (Å²) in [4.78, 5) is 9.55. The van der Waals surface area contributed by atoms with Crippen molar-refractivity contribution < 1.29 is 9.68 Å². The van der Waals surface area contributed by atoms with E-state index in [1.165, 1.54) is 0 Å². The first kappa shape index (κ1) is 13.0. The van der Waals surface area contributed by atoms with E-state index in [9.17, 15) is 0 Å². The molecule has 0 atom stereocenters. The number of rotatable bonds is 9. The SMILES string of the molecule is CCONC=CCCCC=CNOC. The number of hydroxylamine groups is 2. The molecule has 0 aromatic carbocycles. The number of unbranched alkanes of at least 4 members (excludes halogenated alkanes) is 2. The molecule has 0 saturated carbocycles. The summed E-state index contributed by atoms with van der Waals surface area (Å²) in [5, 5.41) is 0. The summed E-state index contributed by atoms with van der Waals surface area (Å²) in [6, 6.07) is 0. The van der Waals surface area contributed by atoms with Crippen molar-refractivity contribution in [3.8, 4) is 0 Å². The van der Waals surface area contributed by atoms with Crippen molar-refractivity contribution in [1.29, 1.82) is 0 Å². The van der Waals surface area contributed by atoms with Crippen LogP contribution >= 0.6 is 0 Å². The second-order valence-corrected chi connectivity index (χ2v) is 2.61. The predicted molar refractivity (Wildman–Crippen MR) is 57.0 cm³/mol. The van der Waals surface area contributed by atoms with Gasteiger partial charge in [0.15, 0.2) is 0 Å². The molecule has 0 aromatic heterocycles. The van der Waals surface area contributed by atoms with Crippen LogP contribution in [0.3, 0.4) is 0 Å². The van der Waals surface area contributed by atoms with Gasteiger partial charge in [-0.1, -0.05) is 12.2 Å². The zero-order chi connectivity index (χ0) is 10.5. The van der Waals surface area contributed by atoms with E-state index in [1.54, 1.807) is 13.3 Å². The largest absolute Gasteiger partial charge is 0.280 e. The fraction of sp³-hybridized carbons (Fsp3) is 0.600. The molecule has 0 fully saturated rings. The molecule has 0 rings (SSSR count). The molecule has 4 heteroatoms. The normalized spacial score (nSPS) is 11.3. The lowest BCUT2D eigenvalue weighted by Gasteiger charge is -1.96. The highest BCUT2D eigenvalue weighted by atomic mass is 16.6. The quantitative estimate of drug-likeness (QED) is 0.440. The van der Waals surface area contributed by atoms with Crippen LogP contribution in [-0.2, 0) is 9.68 Å². The summed E-state index contributed by atoms with van der Waals surface area (Å²) in [5.41, 5.74) is 5.35. The van der Waals surface area contributed by atoms with Gasteiger partial charge in [0.25, 0.3) is 0 Å². The molecule has 0 unspecified atom stereocenters. The van der Waals surface area contributed by atoms with E-state index in [-0.39, 0.29) is 0 Å². The maximum atomic E-state index is 4.92. The first-order valence-electron chi connectivity index (χ1n) is 4.87. The van der Waals surface area contributed by atoms with Gasteiger partial charge < -0.3 is 0 Å². The van der Waals surface area contributed by atoms with Crippen LogP contribution in [0, 0.1) is 0 Å². The number of allylic oxidation sites excluding steroid dienone is 2. The van der Waals surface area contributed by atoms with Crippen LogP contribution in [0.2, 0.25) is 0 Å². The van der Waals surface area contributed by atoms with Crippen LogP contribution < -0.4 is 11.0 Å². The average Bonchev–Trinajstić information content (AvgIpc) is 2.21. The van der Waals surface area contributed by atoms with Gasteiger partial charge >= 0.3 is 0 Å². The Morgan fingerprint density at radius 3 is 2.29 bits per heavy atom. The Morgan fingerprint density at radius 2 is 1.71 bits per heavy atom. The van der Waals surface area contributed by atoms with Gasteiger partial charge in [-0.25, -0.2) is 0 Å². The Labute approximate surface area is 85.9 Å². The van der Waals surface area contributed by atoms with E-state index in [2.05, 4.69) is 15.8 Å². The maximum Gasteiger partial charge on any atom is 0.0717 e. The molecule has 0 amide bonds. The zero-order valence-corrected chi connectivity index (χ0v) is 8.95. The third-order valence-electron chi connectivity index (χ3n) is 1.46. The number of nitrogens with one attached hydrogen (secondary N) is 2. The zero-order valence-electron chi connectivity index (χ0n) is 8.95. The Bertz CT molecular complexity index is 158. The van der Waals surface area contributed by atoms with E-state index < -0.39 is 0 Å². The van der Waals surface area contributed by atoms with Gasteiger partial charge in [-0.3, -0.25) is 20.6 Å². The average molecular weight is 200 g/mol. The molecule has 0 aliphatic carbocycles. The van der Waals surface area contributed by atoms with Crippen molar-refractivity contribution in [1.82, 2.24) is 11.0 Å². The summed E-state index contributed by atoms with van der Waals surface area (Å²) in [6.07, 6.45) is 10.9. The van der Waals surface area contributed by atoms with Crippen LogP contribution in [0.5, 0.6) is 0 Å². The number of hydrogen-bond donors (Lipinski definition) is 2. The molecule has 0 spiro atoms. The minimum atomic E-state index is 0.676. The Balaban J connectivity index is 3.08. The highest BCUT2D eigenvalue weighted by Crippen LogP contribution is 1.96. The van der Waals surface area contributed by atoms with E-state index in [4.69, 9.17) is 4.84 Å². The molecule has 0 aromatic rings. The van der Waals surface area contributed by atoms with Crippen molar-refractivity contribution in [3.63, 3.8) is 0 Å². The lowest BCUT2D eigenvalue weighted by Crippen LogP contribution is -2.04. The molecule has 0 radical (unpaired) electrons. The van der Waals surface area contributed by atoms with Crippen molar-refractivity contribution in [2.75, 3.05) is 13.7 Å². The van der Waals surface area contributed by atoms with Crippen molar-refractivity contribution in [2.24, 2.45) is 0 Å². The van der Waals surface area contributed by atoms with Gasteiger partial charge in [0.2, 0.25) is 0 Å². The second-order valence-electron chi connectivity index (χ2n) is 2.61. The van der Waals surface area contributed by atoms with E-state index >= 15 is 0 Å². The minimum Gasteiger partial charge on any atom is -0.280 e. The van der Waals surface area contributed by atoms with E-state index in [0.29, 0.717) is 6.61 Å². The fourth-order valence-corrected chi connectivity index (χ4v) is 0.816. The highest BCUT2D eigenvalue weighted by molar-refractivity contribution is 4.81. The van der Waals surface area contributed by atoms with Crippen LogP contribution in [0.4, 0.5) is 0 Å². The van der Waals surface area contributed by atoms with Crippen LogP contribution in [-0.4, -0.2) is 13.7 Å². The molecule has 0 saturated heterocycles. The maximum absolute atomic E-state index is 4.92. The van der Waals surface area contributed by atoms with Crippen molar-refractivity contribution in [3.05, 3.63) is 24.6 Å². The molecule has 0 bridgehead atoms. The third kappa shape index (κ3) is 11.0. The fourth-order valence-electron chi connectivity index (χ4n) is 0.816. The highest BCUT2D eigenvalue weighted by Gasteiger charge is 1.80. The Morgan fingerprint density at radius 1 is 1.07 bits per heavy atom. The summed E-state index contributed by atoms with van der Waals surface area (Å²) in [5.74, 6) is 0. The van der Waals surface area contributed by atoms with Gasteiger partial charge in [0, 0.05) is 12.4 Å². The smallest absolute Gasteiger partial charge is 0.0717 e. The minimum absolute atomic E-state index is 0.676. The lowest BCUT2D eigenvalue weighted by molar-refractivity contribution is 0.0823. The van der Waals surface area contributed by atoms with Gasteiger partial charge in [-0.15, -0.1) is 0 Å². The van der Waals surface area contributed by atoms with Crippen LogP contribution in [0.1, 0.15) is 26.2 Å². The Kier molecular flexibility index (Phi) is 11.1. The second kappa shape index (κ2) is 12.0. The van der Waals surface area contributed by atoms with E-state index in [0.717, 1.165) is 19.3 Å². The van der Waals surface area contributed by atoms with Crippen molar-refractivity contribution >= 4 is 0 Å². The van der Waals surface area contributed by atoms with Crippen molar-refractivity contribution in [2.45, 2.75) is 26.2 Å². The summed E-state index contributed by atoms with van der Waals surface area (Å²) in [7, 11) is 1.59. The molecule has 2 N–H and O–H groups in total. The molecule has 0 aliphatic rings. The standard InChI is InChI=1S/C10H20N2O2/c1-3-14-12-10-8-6-4-5-7-9-11-13-2/h7-12H,3-6H2,1-2H3. The molecule has 4 nitrogen and oxygen atoms in total. The first-order valence-corrected chi connectivity index (χ1v) is 4.87. The van der Waals surface area contributed by atoms with Gasteiger partial charge in [0.1, 0.15) is 0 Å². The molecular weight excluding hydrogens is 180 g/mol. The molecule has 14 heavy (non-hydrogen) atoms. The topological polar surface area (TPSA) is 42.5 Å². The van der Waals surface area contributed by atoms with Gasteiger partial charge in [0.05, 0.1) is 13.7 Å². The third-order valence-corrected chi connectivity index (χ3v) is 1.46. The molecule has 0 heterocycles. The van der Waals surface area contributed by atoms with Crippen LogP contribution in [0.15, 0.2) is 24.6 Å².